The number of allylic oxidation sites excluding steroid dienone is 1. The van der Waals surface area contributed by atoms with Gasteiger partial charge in [0, 0.05) is 11.3 Å². The molecule has 1 N–H and O–H groups in total. The molecule has 0 aliphatic heterocycles. The van der Waals surface area contributed by atoms with Gasteiger partial charge in [-0.05, 0) is 37.0 Å². The van der Waals surface area contributed by atoms with Crippen LogP contribution in [0.5, 0.6) is 5.75 Å². The molecule has 1 aromatic rings. The molecule has 1 aromatic carbocycles. The average molecular weight is 309 g/mol. The minimum absolute atomic E-state index is 0.557. The molecule has 0 bridgehead atoms. The van der Waals surface area contributed by atoms with Gasteiger partial charge < -0.3 is 4.74 Å². The summed E-state index contributed by atoms with van der Waals surface area (Å²) in [5.74, 6) is 1.37. The maximum absolute atomic E-state index is 11.3. The number of benzene rings is 1. The number of hydrogen-bond acceptors (Lipinski definition) is 3. The van der Waals surface area contributed by atoms with Gasteiger partial charge in [0.1, 0.15) is 5.75 Å². The molecule has 0 unspecified atom stereocenters. The van der Waals surface area contributed by atoms with Crippen LogP contribution in [0.25, 0.3) is 6.08 Å². The number of rotatable bonds is 5. The Bertz CT molecular complexity index is 602. The number of nitrogens with one attached hydrogen (secondary N) is 1. The molecule has 2 rings (SSSR count). The van der Waals surface area contributed by atoms with E-state index in [1.54, 1.807) is 25.3 Å². The van der Waals surface area contributed by atoms with Gasteiger partial charge in [-0.2, -0.15) is 0 Å². The van der Waals surface area contributed by atoms with Crippen LogP contribution in [-0.2, 0) is 10.0 Å². The largest absolute Gasteiger partial charge is 0.496 e. The minimum atomic E-state index is -3.26. The summed E-state index contributed by atoms with van der Waals surface area (Å²) in [6, 6.07) is 5.30. The third-order valence-corrected chi connectivity index (χ3v) is 4.34. The highest BCUT2D eigenvalue weighted by molar-refractivity contribution is 7.92. The predicted molar refractivity (Wildman–Crippen MR) is 87.1 cm³/mol. The number of methoxy groups -OCH3 is 1. The molecule has 116 valence electrons. The first kappa shape index (κ1) is 15.9. The molecule has 4 nitrogen and oxygen atoms in total. The van der Waals surface area contributed by atoms with E-state index in [-0.39, 0.29) is 0 Å². The van der Waals surface area contributed by atoms with E-state index in [2.05, 4.69) is 10.8 Å². The molecule has 0 saturated heterocycles. The molecule has 0 spiro atoms. The van der Waals surface area contributed by atoms with E-state index >= 15 is 0 Å². The molecule has 0 amide bonds. The fourth-order valence-electron chi connectivity index (χ4n) is 2.71. The Morgan fingerprint density at radius 2 is 1.95 bits per heavy atom. The highest BCUT2D eigenvalue weighted by atomic mass is 32.2. The normalized spacial score (nSPS) is 17.0. The van der Waals surface area contributed by atoms with E-state index in [1.165, 1.54) is 32.1 Å². The van der Waals surface area contributed by atoms with E-state index < -0.39 is 10.0 Å². The molecular formula is C16H23NO3S. The fourth-order valence-corrected chi connectivity index (χ4v) is 3.26. The molecule has 1 saturated carbocycles. The van der Waals surface area contributed by atoms with Gasteiger partial charge in [-0.15, -0.1) is 0 Å². The van der Waals surface area contributed by atoms with Crippen LogP contribution in [0.2, 0.25) is 0 Å². The van der Waals surface area contributed by atoms with Gasteiger partial charge in [-0.1, -0.05) is 31.4 Å². The summed E-state index contributed by atoms with van der Waals surface area (Å²) in [5.41, 5.74) is 1.46. The predicted octanol–water partition coefficient (Wildman–Crippen LogP) is 3.66. The summed E-state index contributed by atoms with van der Waals surface area (Å²) in [6.45, 7) is 0. The van der Waals surface area contributed by atoms with E-state index in [9.17, 15) is 8.42 Å². The van der Waals surface area contributed by atoms with Crippen LogP contribution < -0.4 is 9.46 Å². The quantitative estimate of drug-likeness (QED) is 0.903. The van der Waals surface area contributed by atoms with Crippen molar-refractivity contribution in [3.63, 3.8) is 0 Å². The van der Waals surface area contributed by atoms with E-state index in [4.69, 9.17) is 4.74 Å². The lowest BCUT2D eigenvalue weighted by atomic mass is 9.89. The van der Waals surface area contributed by atoms with Crippen molar-refractivity contribution in [2.45, 2.75) is 32.1 Å². The molecule has 1 aliphatic carbocycles. The molecule has 1 fully saturated rings. The van der Waals surface area contributed by atoms with Gasteiger partial charge in [0.05, 0.1) is 13.4 Å². The third-order valence-electron chi connectivity index (χ3n) is 3.73. The molecule has 0 atom stereocenters. The zero-order valence-corrected chi connectivity index (χ0v) is 13.4. The van der Waals surface area contributed by atoms with Gasteiger partial charge >= 0.3 is 0 Å². The zero-order valence-electron chi connectivity index (χ0n) is 12.6. The average Bonchev–Trinajstić information content (AvgIpc) is 2.45. The smallest absolute Gasteiger partial charge is 0.229 e. The van der Waals surface area contributed by atoms with Crippen molar-refractivity contribution in [2.24, 2.45) is 5.92 Å². The number of ether oxygens (including phenoxy) is 1. The van der Waals surface area contributed by atoms with Gasteiger partial charge in [0.15, 0.2) is 0 Å². The van der Waals surface area contributed by atoms with E-state index in [0.717, 1.165) is 17.6 Å². The Morgan fingerprint density at radius 1 is 1.24 bits per heavy atom. The second-order valence-electron chi connectivity index (χ2n) is 5.59. The highest BCUT2D eigenvalue weighted by Gasteiger charge is 2.11. The Hall–Kier alpha value is -1.49. The molecule has 0 aromatic heterocycles. The Balaban J connectivity index is 2.19. The van der Waals surface area contributed by atoms with Crippen LogP contribution in [0.1, 0.15) is 37.7 Å². The summed E-state index contributed by atoms with van der Waals surface area (Å²) in [7, 11) is -1.64. The maximum atomic E-state index is 11.3. The number of anilines is 1. The lowest BCUT2D eigenvalue weighted by molar-refractivity contribution is 0.413. The van der Waals surface area contributed by atoms with E-state index in [0.29, 0.717) is 11.6 Å². The first-order valence-electron chi connectivity index (χ1n) is 7.32. The van der Waals surface area contributed by atoms with Crippen molar-refractivity contribution in [2.75, 3.05) is 18.1 Å². The molecule has 21 heavy (non-hydrogen) atoms. The summed E-state index contributed by atoms with van der Waals surface area (Å²) in [6.07, 6.45) is 11.8. The van der Waals surface area contributed by atoms with Crippen LogP contribution in [0.4, 0.5) is 5.69 Å². The van der Waals surface area contributed by atoms with Crippen molar-refractivity contribution < 1.29 is 13.2 Å². The summed E-state index contributed by atoms with van der Waals surface area (Å²) < 4.78 is 30.5. The van der Waals surface area contributed by atoms with Crippen molar-refractivity contribution in [1.82, 2.24) is 0 Å². The van der Waals surface area contributed by atoms with Gasteiger partial charge in [-0.3, -0.25) is 4.72 Å². The summed E-state index contributed by atoms with van der Waals surface area (Å²) >= 11 is 0. The topological polar surface area (TPSA) is 55.4 Å². The van der Waals surface area contributed by atoms with E-state index in [1.807, 2.05) is 6.08 Å². The molecular weight excluding hydrogens is 286 g/mol. The molecule has 0 heterocycles. The van der Waals surface area contributed by atoms with Crippen LogP contribution in [0.15, 0.2) is 24.3 Å². The first-order chi connectivity index (χ1) is 9.98. The summed E-state index contributed by atoms with van der Waals surface area (Å²) in [5, 5.41) is 0. The van der Waals surface area contributed by atoms with Crippen molar-refractivity contribution in [3.05, 3.63) is 29.8 Å². The standard InChI is InChI=1S/C16H23NO3S/c1-20-16-11-10-15(17-21(2,18)19)12-14(16)9-8-13-6-4-3-5-7-13/h8-13,17H,3-7H2,1-2H3. The lowest BCUT2D eigenvalue weighted by Crippen LogP contribution is -2.09. The lowest BCUT2D eigenvalue weighted by Gasteiger charge is -2.18. The zero-order chi connectivity index (χ0) is 15.3. The van der Waals surface area contributed by atoms with Crippen LogP contribution >= 0.6 is 0 Å². The second-order valence-corrected chi connectivity index (χ2v) is 7.34. The fraction of sp³-hybridized carbons (Fsp3) is 0.500. The Morgan fingerprint density at radius 3 is 2.57 bits per heavy atom. The molecule has 1 aliphatic rings. The van der Waals surface area contributed by atoms with Crippen molar-refractivity contribution in [3.8, 4) is 5.75 Å². The van der Waals surface area contributed by atoms with Gasteiger partial charge in [0.25, 0.3) is 0 Å². The monoisotopic (exact) mass is 309 g/mol. The van der Waals surface area contributed by atoms with Crippen LogP contribution in [0, 0.1) is 5.92 Å². The van der Waals surface area contributed by atoms with Crippen molar-refractivity contribution in [1.29, 1.82) is 0 Å². The third kappa shape index (κ3) is 5.08. The number of sulfonamides is 1. The first-order valence-corrected chi connectivity index (χ1v) is 9.21. The SMILES string of the molecule is COc1ccc(NS(C)(=O)=O)cc1C=CC1CCCCC1. The molecule has 0 radical (unpaired) electrons. The van der Waals surface area contributed by atoms with Crippen LogP contribution in [0.3, 0.4) is 0 Å². The number of hydrogen-bond donors (Lipinski definition) is 1. The second kappa shape index (κ2) is 6.98. The Labute approximate surface area is 127 Å². The van der Waals surface area contributed by atoms with Crippen molar-refractivity contribution >= 4 is 21.8 Å². The highest BCUT2D eigenvalue weighted by Crippen LogP contribution is 2.28. The van der Waals surface area contributed by atoms with Crippen LogP contribution in [-0.4, -0.2) is 21.8 Å². The maximum Gasteiger partial charge on any atom is 0.229 e. The Kier molecular flexibility index (Phi) is 5.28. The van der Waals surface area contributed by atoms with Gasteiger partial charge in [0.2, 0.25) is 10.0 Å². The summed E-state index contributed by atoms with van der Waals surface area (Å²) in [4.78, 5) is 0. The minimum Gasteiger partial charge on any atom is -0.496 e. The van der Waals surface area contributed by atoms with Gasteiger partial charge in [-0.25, -0.2) is 8.42 Å². The molecule has 5 heteroatoms.